The van der Waals surface area contributed by atoms with Crippen molar-refractivity contribution in [3.63, 3.8) is 0 Å². The quantitative estimate of drug-likeness (QED) is 0.801. The standard InChI is InChI=1S/C13H25NO2/c1-3-14-11-6-9-16-13(10-11)7-4-12(15-2)5-8-13/h11-12,14H,3-10H2,1-2H3. The second-order valence-corrected chi connectivity index (χ2v) is 5.21. The van der Waals surface area contributed by atoms with Crippen molar-refractivity contribution in [2.75, 3.05) is 20.3 Å². The summed E-state index contributed by atoms with van der Waals surface area (Å²) in [5.74, 6) is 0. The van der Waals surface area contributed by atoms with Crippen LogP contribution >= 0.6 is 0 Å². The fourth-order valence-corrected chi connectivity index (χ4v) is 3.19. The Bertz CT molecular complexity index is 210. The van der Waals surface area contributed by atoms with Crippen LogP contribution in [0.4, 0.5) is 0 Å². The van der Waals surface area contributed by atoms with Crippen LogP contribution in [0.15, 0.2) is 0 Å². The molecule has 1 heterocycles. The molecule has 1 aliphatic heterocycles. The smallest absolute Gasteiger partial charge is 0.0699 e. The van der Waals surface area contributed by atoms with Gasteiger partial charge in [0.2, 0.25) is 0 Å². The number of nitrogens with one attached hydrogen (secondary N) is 1. The van der Waals surface area contributed by atoms with E-state index < -0.39 is 0 Å². The molecule has 0 amide bonds. The highest BCUT2D eigenvalue weighted by molar-refractivity contribution is 4.93. The van der Waals surface area contributed by atoms with Crippen LogP contribution in [0.3, 0.4) is 0 Å². The topological polar surface area (TPSA) is 30.5 Å². The van der Waals surface area contributed by atoms with Crippen LogP contribution in [-0.2, 0) is 9.47 Å². The zero-order valence-corrected chi connectivity index (χ0v) is 10.6. The second-order valence-electron chi connectivity index (χ2n) is 5.21. The molecule has 94 valence electrons. The Balaban J connectivity index is 1.88. The molecular weight excluding hydrogens is 202 g/mol. The highest BCUT2D eigenvalue weighted by atomic mass is 16.5. The molecule has 16 heavy (non-hydrogen) atoms. The molecule has 1 atom stereocenters. The molecule has 1 saturated carbocycles. The minimum absolute atomic E-state index is 0.167. The van der Waals surface area contributed by atoms with E-state index >= 15 is 0 Å². The Morgan fingerprint density at radius 1 is 1.31 bits per heavy atom. The summed E-state index contributed by atoms with van der Waals surface area (Å²) in [4.78, 5) is 0. The summed E-state index contributed by atoms with van der Waals surface area (Å²) in [6.45, 7) is 4.18. The maximum absolute atomic E-state index is 6.08. The molecule has 3 heteroatoms. The average Bonchev–Trinajstić information content (AvgIpc) is 2.31. The summed E-state index contributed by atoms with van der Waals surface area (Å²) >= 11 is 0. The molecule has 2 fully saturated rings. The summed E-state index contributed by atoms with van der Waals surface area (Å²) < 4.78 is 11.5. The maximum atomic E-state index is 6.08. The fraction of sp³-hybridized carbons (Fsp3) is 1.00. The third kappa shape index (κ3) is 2.76. The van der Waals surface area contributed by atoms with Gasteiger partial charge in [-0.15, -0.1) is 0 Å². The van der Waals surface area contributed by atoms with Gasteiger partial charge in [-0.25, -0.2) is 0 Å². The molecule has 1 N–H and O–H groups in total. The van der Waals surface area contributed by atoms with Gasteiger partial charge < -0.3 is 14.8 Å². The van der Waals surface area contributed by atoms with Crippen LogP contribution in [0.2, 0.25) is 0 Å². The van der Waals surface area contributed by atoms with Gasteiger partial charge in [-0.05, 0) is 45.1 Å². The molecule has 2 aliphatic rings. The molecule has 1 aliphatic carbocycles. The van der Waals surface area contributed by atoms with E-state index in [1.165, 1.54) is 25.7 Å². The molecule has 0 aromatic heterocycles. The van der Waals surface area contributed by atoms with Gasteiger partial charge in [-0.1, -0.05) is 6.92 Å². The van der Waals surface area contributed by atoms with Crippen molar-refractivity contribution in [1.29, 1.82) is 0 Å². The largest absolute Gasteiger partial charge is 0.381 e. The van der Waals surface area contributed by atoms with Gasteiger partial charge >= 0.3 is 0 Å². The van der Waals surface area contributed by atoms with E-state index in [2.05, 4.69) is 12.2 Å². The highest BCUT2D eigenvalue weighted by Gasteiger charge is 2.40. The van der Waals surface area contributed by atoms with Gasteiger partial charge in [-0.3, -0.25) is 0 Å². The predicted octanol–water partition coefficient (Wildman–Crippen LogP) is 2.10. The van der Waals surface area contributed by atoms with Crippen LogP contribution in [-0.4, -0.2) is 38.0 Å². The summed E-state index contributed by atoms with van der Waals surface area (Å²) in [7, 11) is 1.83. The maximum Gasteiger partial charge on any atom is 0.0699 e. The minimum atomic E-state index is 0.167. The van der Waals surface area contributed by atoms with Gasteiger partial charge in [0.05, 0.1) is 11.7 Å². The first kappa shape index (κ1) is 12.3. The molecule has 1 spiro atoms. The van der Waals surface area contributed by atoms with E-state index in [0.29, 0.717) is 12.1 Å². The van der Waals surface area contributed by atoms with Gasteiger partial charge in [0, 0.05) is 19.8 Å². The van der Waals surface area contributed by atoms with Crippen molar-refractivity contribution >= 4 is 0 Å². The number of ether oxygens (including phenoxy) is 2. The van der Waals surface area contributed by atoms with E-state index in [0.717, 1.165) is 26.0 Å². The molecular formula is C13H25NO2. The lowest BCUT2D eigenvalue weighted by molar-refractivity contribution is -0.126. The van der Waals surface area contributed by atoms with Gasteiger partial charge in [-0.2, -0.15) is 0 Å². The van der Waals surface area contributed by atoms with E-state index in [1.807, 2.05) is 7.11 Å². The normalized spacial score (nSPS) is 40.1. The molecule has 1 saturated heterocycles. The summed E-state index contributed by atoms with van der Waals surface area (Å²) in [6.07, 6.45) is 7.50. The highest BCUT2D eigenvalue weighted by Crippen LogP contribution is 2.39. The first-order valence-corrected chi connectivity index (χ1v) is 6.68. The lowest BCUT2D eigenvalue weighted by Gasteiger charge is -2.45. The molecule has 1 unspecified atom stereocenters. The predicted molar refractivity (Wildman–Crippen MR) is 64.6 cm³/mol. The van der Waals surface area contributed by atoms with Crippen molar-refractivity contribution < 1.29 is 9.47 Å². The molecule has 0 bridgehead atoms. The number of methoxy groups -OCH3 is 1. The van der Waals surface area contributed by atoms with Crippen LogP contribution in [0.5, 0.6) is 0 Å². The molecule has 0 radical (unpaired) electrons. The number of hydrogen-bond acceptors (Lipinski definition) is 3. The van der Waals surface area contributed by atoms with E-state index in [-0.39, 0.29) is 5.60 Å². The lowest BCUT2D eigenvalue weighted by atomic mass is 9.77. The van der Waals surface area contributed by atoms with E-state index in [4.69, 9.17) is 9.47 Å². The Labute approximate surface area is 98.9 Å². The monoisotopic (exact) mass is 227 g/mol. The van der Waals surface area contributed by atoms with Crippen molar-refractivity contribution in [3.05, 3.63) is 0 Å². The summed E-state index contributed by atoms with van der Waals surface area (Å²) in [5.41, 5.74) is 0.167. The number of hydrogen-bond donors (Lipinski definition) is 1. The fourth-order valence-electron chi connectivity index (χ4n) is 3.19. The lowest BCUT2D eigenvalue weighted by Crippen LogP contribution is -2.49. The van der Waals surface area contributed by atoms with Crippen LogP contribution in [0.1, 0.15) is 45.4 Å². The van der Waals surface area contributed by atoms with Gasteiger partial charge in [0.1, 0.15) is 0 Å². The van der Waals surface area contributed by atoms with E-state index in [9.17, 15) is 0 Å². The van der Waals surface area contributed by atoms with Crippen LogP contribution in [0.25, 0.3) is 0 Å². The Hall–Kier alpha value is -0.120. The molecule has 0 aromatic carbocycles. The zero-order valence-electron chi connectivity index (χ0n) is 10.6. The number of rotatable bonds is 3. The van der Waals surface area contributed by atoms with Gasteiger partial charge in [0.15, 0.2) is 0 Å². The van der Waals surface area contributed by atoms with Crippen LogP contribution in [0, 0.1) is 0 Å². The molecule has 3 nitrogen and oxygen atoms in total. The first-order chi connectivity index (χ1) is 7.78. The Kier molecular flexibility index (Phi) is 4.22. The van der Waals surface area contributed by atoms with Gasteiger partial charge in [0.25, 0.3) is 0 Å². The summed E-state index contributed by atoms with van der Waals surface area (Å²) in [5, 5.41) is 3.57. The summed E-state index contributed by atoms with van der Waals surface area (Å²) in [6, 6.07) is 0.665. The average molecular weight is 227 g/mol. The van der Waals surface area contributed by atoms with Crippen LogP contribution < -0.4 is 5.32 Å². The molecule has 2 rings (SSSR count). The van der Waals surface area contributed by atoms with E-state index in [1.54, 1.807) is 0 Å². The van der Waals surface area contributed by atoms with Crippen molar-refractivity contribution in [2.45, 2.75) is 63.2 Å². The second kappa shape index (κ2) is 5.48. The third-order valence-corrected chi connectivity index (χ3v) is 4.16. The van der Waals surface area contributed by atoms with Crippen molar-refractivity contribution in [2.24, 2.45) is 0 Å². The Morgan fingerprint density at radius 2 is 2.06 bits per heavy atom. The van der Waals surface area contributed by atoms with Crippen molar-refractivity contribution in [3.8, 4) is 0 Å². The first-order valence-electron chi connectivity index (χ1n) is 6.68. The third-order valence-electron chi connectivity index (χ3n) is 4.16. The Morgan fingerprint density at radius 3 is 2.69 bits per heavy atom. The zero-order chi connectivity index (χ0) is 11.4. The molecule has 0 aromatic rings. The SMILES string of the molecule is CCNC1CCOC2(CCC(OC)CC2)C1. The minimum Gasteiger partial charge on any atom is -0.381 e. The van der Waals surface area contributed by atoms with Crippen molar-refractivity contribution in [1.82, 2.24) is 5.32 Å².